The molecule has 0 aromatic heterocycles. The quantitative estimate of drug-likeness (QED) is 0.672. The molecule has 0 fully saturated rings. The van der Waals surface area contributed by atoms with E-state index in [1.54, 1.807) is 13.8 Å². The molecule has 6 heteroatoms. The molecular formula is C7H15O5P. The molecule has 0 aliphatic carbocycles. The van der Waals surface area contributed by atoms with Gasteiger partial charge in [0.15, 0.2) is 0 Å². The molecule has 0 rings (SSSR count). The molecule has 0 radical (unpaired) electrons. The van der Waals surface area contributed by atoms with E-state index in [4.69, 9.17) is 4.89 Å². The van der Waals surface area contributed by atoms with E-state index in [-0.39, 0.29) is 24.9 Å². The van der Waals surface area contributed by atoms with Crippen molar-refractivity contribution in [2.75, 3.05) is 6.61 Å². The van der Waals surface area contributed by atoms with Crippen LogP contribution in [0.1, 0.15) is 27.2 Å². The predicted octanol–water partition coefficient (Wildman–Crippen LogP) is 1.51. The lowest BCUT2D eigenvalue weighted by atomic mass is 10.3. The van der Waals surface area contributed by atoms with Crippen molar-refractivity contribution in [2.45, 2.75) is 33.3 Å². The summed E-state index contributed by atoms with van der Waals surface area (Å²) in [6, 6.07) is 0. The average molecular weight is 210 g/mol. The largest absolute Gasteiger partial charge is 0.472 e. The summed E-state index contributed by atoms with van der Waals surface area (Å²) < 4.78 is 20.1. The molecule has 0 aromatic carbocycles. The second kappa shape index (κ2) is 5.50. The van der Waals surface area contributed by atoms with Crippen LogP contribution in [-0.2, 0) is 18.4 Å². The van der Waals surface area contributed by atoms with E-state index in [0.29, 0.717) is 0 Å². The van der Waals surface area contributed by atoms with Gasteiger partial charge in [0.1, 0.15) is 5.78 Å². The lowest BCUT2D eigenvalue weighted by Gasteiger charge is -2.13. The molecule has 0 amide bonds. The number of hydrogen-bond donors (Lipinski definition) is 1. The Balaban J connectivity index is 3.76. The fourth-order valence-electron chi connectivity index (χ4n) is 0.602. The number of carbonyl (C=O) groups is 1. The van der Waals surface area contributed by atoms with Gasteiger partial charge in [-0.2, -0.15) is 0 Å². The third-order valence-corrected chi connectivity index (χ3v) is 2.25. The smallest absolute Gasteiger partial charge is 0.302 e. The Bertz CT molecular complexity index is 213. The molecule has 0 aliphatic heterocycles. The standard InChI is InChI=1S/C7H15O5P/c1-6(2)12-13(9,10)11-5-4-7(3)8/h6H,4-5H2,1-3H3,(H,9,10). The second-order valence-corrected chi connectivity index (χ2v) is 4.31. The molecule has 78 valence electrons. The first-order valence-electron chi connectivity index (χ1n) is 3.98. The van der Waals surface area contributed by atoms with Gasteiger partial charge in [0.05, 0.1) is 12.7 Å². The summed E-state index contributed by atoms with van der Waals surface area (Å²) in [6.07, 6.45) is -0.264. The molecule has 0 saturated heterocycles. The number of rotatable bonds is 6. The lowest BCUT2D eigenvalue weighted by Crippen LogP contribution is -2.05. The molecule has 1 atom stereocenters. The first-order chi connectivity index (χ1) is 5.83. The van der Waals surface area contributed by atoms with Crippen molar-refractivity contribution >= 4 is 13.6 Å². The maximum Gasteiger partial charge on any atom is 0.472 e. The summed E-state index contributed by atoms with van der Waals surface area (Å²) in [5.74, 6) is -0.0930. The molecule has 0 spiro atoms. The molecule has 13 heavy (non-hydrogen) atoms. The molecule has 1 unspecified atom stereocenters. The maximum absolute atomic E-state index is 11.0. The van der Waals surface area contributed by atoms with Gasteiger partial charge in [-0.3, -0.25) is 13.8 Å². The SMILES string of the molecule is CC(=O)CCOP(=O)(O)OC(C)C. The highest BCUT2D eigenvalue weighted by molar-refractivity contribution is 7.47. The van der Waals surface area contributed by atoms with E-state index < -0.39 is 7.82 Å². The average Bonchev–Trinajstić information content (AvgIpc) is 1.81. The predicted molar refractivity (Wildman–Crippen MR) is 47.3 cm³/mol. The molecule has 1 N–H and O–H groups in total. The van der Waals surface area contributed by atoms with E-state index in [1.165, 1.54) is 6.92 Å². The number of phosphoric acid groups is 1. The van der Waals surface area contributed by atoms with Crippen LogP contribution < -0.4 is 0 Å². The van der Waals surface area contributed by atoms with Gasteiger partial charge < -0.3 is 4.89 Å². The summed E-state index contributed by atoms with van der Waals surface area (Å²) >= 11 is 0. The number of hydrogen-bond acceptors (Lipinski definition) is 4. The number of ketones is 1. The van der Waals surface area contributed by atoms with Crippen LogP contribution in [0.2, 0.25) is 0 Å². The van der Waals surface area contributed by atoms with E-state index in [1.807, 2.05) is 0 Å². The zero-order valence-corrected chi connectivity index (χ0v) is 8.91. The van der Waals surface area contributed by atoms with Crippen LogP contribution in [-0.4, -0.2) is 23.4 Å². The van der Waals surface area contributed by atoms with Crippen molar-refractivity contribution < 1.29 is 23.3 Å². The van der Waals surface area contributed by atoms with Gasteiger partial charge in [-0.25, -0.2) is 4.57 Å². The van der Waals surface area contributed by atoms with E-state index in [9.17, 15) is 9.36 Å². The van der Waals surface area contributed by atoms with Crippen LogP contribution in [0.5, 0.6) is 0 Å². The van der Waals surface area contributed by atoms with Crippen molar-refractivity contribution in [3.8, 4) is 0 Å². The Morgan fingerprint density at radius 2 is 2.08 bits per heavy atom. The van der Waals surface area contributed by atoms with Crippen LogP contribution in [0.15, 0.2) is 0 Å². The van der Waals surface area contributed by atoms with Crippen LogP contribution in [0, 0.1) is 0 Å². The Morgan fingerprint density at radius 3 is 2.46 bits per heavy atom. The van der Waals surface area contributed by atoms with Gasteiger partial charge in [0.25, 0.3) is 0 Å². The van der Waals surface area contributed by atoms with Crippen molar-refractivity contribution in [2.24, 2.45) is 0 Å². The Morgan fingerprint density at radius 1 is 1.54 bits per heavy atom. The number of carbonyl (C=O) groups excluding carboxylic acids is 1. The third kappa shape index (κ3) is 8.12. The van der Waals surface area contributed by atoms with Crippen molar-refractivity contribution in [3.63, 3.8) is 0 Å². The third-order valence-electron chi connectivity index (χ3n) is 1.05. The Hall–Kier alpha value is -0.220. The van der Waals surface area contributed by atoms with E-state index in [0.717, 1.165) is 0 Å². The van der Waals surface area contributed by atoms with Crippen LogP contribution in [0.3, 0.4) is 0 Å². The van der Waals surface area contributed by atoms with Gasteiger partial charge >= 0.3 is 7.82 Å². The molecule has 0 aromatic rings. The Labute approximate surface area is 77.7 Å². The zero-order valence-electron chi connectivity index (χ0n) is 8.02. The van der Waals surface area contributed by atoms with Crippen LogP contribution in [0.25, 0.3) is 0 Å². The minimum atomic E-state index is -3.96. The highest BCUT2D eigenvalue weighted by Crippen LogP contribution is 2.44. The summed E-state index contributed by atoms with van der Waals surface area (Å²) in [7, 11) is -3.96. The first kappa shape index (κ1) is 12.8. The van der Waals surface area contributed by atoms with Gasteiger partial charge in [-0.05, 0) is 20.8 Å². The topological polar surface area (TPSA) is 72.8 Å². The van der Waals surface area contributed by atoms with Crippen molar-refractivity contribution in [3.05, 3.63) is 0 Å². The van der Waals surface area contributed by atoms with Gasteiger partial charge in [0, 0.05) is 6.42 Å². The minimum Gasteiger partial charge on any atom is -0.302 e. The molecule has 0 heterocycles. The van der Waals surface area contributed by atoms with E-state index >= 15 is 0 Å². The molecule has 0 bridgehead atoms. The van der Waals surface area contributed by atoms with Crippen molar-refractivity contribution in [1.29, 1.82) is 0 Å². The highest BCUT2D eigenvalue weighted by atomic mass is 31.2. The summed E-state index contributed by atoms with van der Waals surface area (Å²) in [5, 5.41) is 0. The molecule has 0 saturated carbocycles. The summed E-state index contributed by atoms with van der Waals surface area (Å²) in [5.41, 5.74) is 0. The Kier molecular flexibility index (Phi) is 5.40. The van der Waals surface area contributed by atoms with Gasteiger partial charge in [0.2, 0.25) is 0 Å². The second-order valence-electron chi connectivity index (χ2n) is 2.91. The van der Waals surface area contributed by atoms with Crippen LogP contribution in [0.4, 0.5) is 0 Å². The molecular weight excluding hydrogens is 195 g/mol. The van der Waals surface area contributed by atoms with E-state index in [2.05, 4.69) is 9.05 Å². The highest BCUT2D eigenvalue weighted by Gasteiger charge is 2.22. The summed E-state index contributed by atoms with van der Waals surface area (Å²) in [6.45, 7) is 4.54. The fraction of sp³-hybridized carbons (Fsp3) is 0.857. The van der Waals surface area contributed by atoms with Gasteiger partial charge in [-0.15, -0.1) is 0 Å². The van der Waals surface area contributed by atoms with Gasteiger partial charge in [-0.1, -0.05) is 0 Å². The number of Topliss-reactive ketones (excluding diaryl/α,β-unsaturated/α-hetero) is 1. The monoisotopic (exact) mass is 210 g/mol. The zero-order chi connectivity index (χ0) is 10.5. The molecule has 0 aliphatic rings. The molecule has 5 nitrogen and oxygen atoms in total. The normalized spacial score (nSPS) is 15.8. The lowest BCUT2D eigenvalue weighted by molar-refractivity contribution is -0.117. The first-order valence-corrected chi connectivity index (χ1v) is 5.48. The summed E-state index contributed by atoms with van der Waals surface area (Å²) in [4.78, 5) is 19.5. The maximum atomic E-state index is 11.0. The minimum absolute atomic E-state index is 0.0875. The van der Waals surface area contributed by atoms with Crippen LogP contribution >= 0.6 is 7.82 Å². The van der Waals surface area contributed by atoms with Crippen molar-refractivity contribution in [1.82, 2.24) is 0 Å². The fourth-order valence-corrected chi connectivity index (χ4v) is 1.52. The number of phosphoric ester groups is 1.